The zero-order valence-electron chi connectivity index (χ0n) is 22.9. The van der Waals surface area contributed by atoms with Gasteiger partial charge in [-0.05, 0) is 50.4 Å². The standard InChI is InChI=1S/C30H62O/c1-7-9-11-13-15-17-19-21-29(25-23-27(3)4)31-30(26-24-28(5)6)22-20-18-16-14-12-10-8-2/h27-30H,7-26H2,1-6H3. The molecule has 0 aromatic heterocycles. The van der Waals surface area contributed by atoms with Crippen molar-refractivity contribution in [1.82, 2.24) is 0 Å². The molecule has 1 nitrogen and oxygen atoms in total. The first-order valence-electron chi connectivity index (χ1n) is 14.6. The Kier molecular flexibility index (Phi) is 23.1. The lowest BCUT2D eigenvalue weighted by atomic mass is 9.97. The number of rotatable bonds is 24. The van der Waals surface area contributed by atoms with E-state index in [0.717, 1.165) is 11.8 Å². The minimum absolute atomic E-state index is 0.500. The van der Waals surface area contributed by atoms with E-state index in [-0.39, 0.29) is 0 Å². The summed E-state index contributed by atoms with van der Waals surface area (Å²) in [6.07, 6.45) is 28.4. The molecule has 31 heavy (non-hydrogen) atoms. The Balaban J connectivity index is 4.41. The summed E-state index contributed by atoms with van der Waals surface area (Å²) in [5, 5.41) is 0. The molecule has 2 atom stereocenters. The molecule has 0 aliphatic rings. The Morgan fingerprint density at radius 2 is 0.710 bits per heavy atom. The SMILES string of the molecule is CCCCCCCCCC(CCC(C)C)OC(CCCCCCCCC)CCC(C)C. The molecule has 0 aliphatic carbocycles. The Bertz CT molecular complexity index is 303. The van der Waals surface area contributed by atoms with E-state index in [1.54, 1.807) is 0 Å². The highest BCUT2D eigenvalue weighted by molar-refractivity contribution is 4.68. The first-order chi connectivity index (χ1) is 15.0. The molecule has 0 bridgehead atoms. The third-order valence-electron chi connectivity index (χ3n) is 6.78. The predicted octanol–water partition coefficient (Wildman–Crippen LogP) is 10.9. The van der Waals surface area contributed by atoms with Crippen LogP contribution in [0.3, 0.4) is 0 Å². The van der Waals surface area contributed by atoms with Crippen LogP contribution < -0.4 is 0 Å². The van der Waals surface area contributed by atoms with E-state index in [1.165, 1.54) is 128 Å². The number of ether oxygens (including phenoxy) is 1. The molecule has 1 heteroatoms. The molecule has 0 radical (unpaired) electrons. The summed E-state index contributed by atoms with van der Waals surface area (Å²) < 4.78 is 6.84. The van der Waals surface area contributed by atoms with Crippen LogP contribution in [0.4, 0.5) is 0 Å². The van der Waals surface area contributed by atoms with Gasteiger partial charge >= 0.3 is 0 Å². The van der Waals surface area contributed by atoms with Crippen molar-refractivity contribution in [2.45, 2.75) is 182 Å². The third-order valence-corrected chi connectivity index (χ3v) is 6.78. The lowest BCUT2D eigenvalue weighted by Gasteiger charge is -2.26. The second-order valence-electron chi connectivity index (χ2n) is 11.1. The van der Waals surface area contributed by atoms with Crippen LogP contribution in [0.2, 0.25) is 0 Å². The molecule has 0 aromatic rings. The molecule has 2 unspecified atom stereocenters. The average molecular weight is 439 g/mol. The summed E-state index contributed by atoms with van der Waals surface area (Å²) in [6.45, 7) is 14.1. The largest absolute Gasteiger partial charge is 0.375 e. The van der Waals surface area contributed by atoms with Crippen LogP contribution in [-0.4, -0.2) is 12.2 Å². The molecule has 0 saturated carbocycles. The van der Waals surface area contributed by atoms with Crippen molar-refractivity contribution in [3.63, 3.8) is 0 Å². The summed E-state index contributed by atoms with van der Waals surface area (Å²) in [7, 11) is 0. The van der Waals surface area contributed by atoms with Gasteiger partial charge in [0.05, 0.1) is 12.2 Å². The van der Waals surface area contributed by atoms with Gasteiger partial charge in [-0.25, -0.2) is 0 Å². The van der Waals surface area contributed by atoms with E-state index < -0.39 is 0 Å². The van der Waals surface area contributed by atoms with E-state index >= 15 is 0 Å². The van der Waals surface area contributed by atoms with Gasteiger partial charge in [0, 0.05) is 0 Å². The number of hydrogen-bond donors (Lipinski definition) is 0. The van der Waals surface area contributed by atoms with E-state index in [4.69, 9.17) is 4.74 Å². The molecule has 0 spiro atoms. The monoisotopic (exact) mass is 438 g/mol. The first-order valence-corrected chi connectivity index (χ1v) is 14.6. The van der Waals surface area contributed by atoms with Gasteiger partial charge in [0.2, 0.25) is 0 Å². The summed E-state index contributed by atoms with van der Waals surface area (Å²) >= 11 is 0. The molecule has 0 rings (SSSR count). The van der Waals surface area contributed by atoms with Crippen molar-refractivity contribution in [3.05, 3.63) is 0 Å². The van der Waals surface area contributed by atoms with Gasteiger partial charge in [-0.2, -0.15) is 0 Å². The molecular formula is C30H62O. The quantitative estimate of drug-likeness (QED) is 0.136. The van der Waals surface area contributed by atoms with Crippen molar-refractivity contribution < 1.29 is 4.74 Å². The van der Waals surface area contributed by atoms with Crippen LogP contribution in [0, 0.1) is 11.8 Å². The fraction of sp³-hybridized carbons (Fsp3) is 1.00. The highest BCUT2D eigenvalue weighted by Gasteiger charge is 2.17. The molecule has 0 fully saturated rings. The van der Waals surface area contributed by atoms with Gasteiger partial charge in [0.15, 0.2) is 0 Å². The molecule has 0 saturated heterocycles. The van der Waals surface area contributed by atoms with E-state index in [0.29, 0.717) is 12.2 Å². The van der Waals surface area contributed by atoms with Gasteiger partial charge in [0.25, 0.3) is 0 Å². The van der Waals surface area contributed by atoms with Crippen LogP contribution in [0.25, 0.3) is 0 Å². The molecule has 0 aromatic carbocycles. The molecule has 188 valence electrons. The fourth-order valence-corrected chi connectivity index (χ4v) is 4.53. The topological polar surface area (TPSA) is 9.23 Å². The van der Waals surface area contributed by atoms with Crippen LogP contribution in [-0.2, 0) is 4.74 Å². The summed E-state index contributed by atoms with van der Waals surface area (Å²) in [5.41, 5.74) is 0. The van der Waals surface area contributed by atoms with E-state index in [9.17, 15) is 0 Å². The number of hydrogen-bond acceptors (Lipinski definition) is 1. The maximum absolute atomic E-state index is 6.84. The highest BCUT2D eigenvalue weighted by Crippen LogP contribution is 2.23. The zero-order chi connectivity index (χ0) is 23.2. The second-order valence-corrected chi connectivity index (χ2v) is 11.1. The van der Waals surface area contributed by atoms with Crippen molar-refractivity contribution in [1.29, 1.82) is 0 Å². The van der Waals surface area contributed by atoms with Crippen LogP contribution in [0.15, 0.2) is 0 Å². The van der Waals surface area contributed by atoms with Crippen molar-refractivity contribution >= 4 is 0 Å². The van der Waals surface area contributed by atoms with E-state index in [1.807, 2.05) is 0 Å². The van der Waals surface area contributed by atoms with Crippen LogP contribution in [0.1, 0.15) is 170 Å². The summed E-state index contributed by atoms with van der Waals surface area (Å²) in [5.74, 6) is 1.58. The molecular weight excluding hydrogens is 376 g/mol. The van der Waals surface area contributed by atoms with E-state index in [2.05, 4.69) is 41.5 Å². The molecule has 0 aliphatic heterocycles. The van der Waals surface area contributed by atoms with Gasteiger partial charge < -0.3 is 4.74 Å². The number of unbranched alkanes of at least 4 members (excludes halogenated alkanes) is 12. The van der Waals surface area contributed by atoms with Crippen LogP contribution in [0.5, 0.6) is 0 Å². The van der Waals surface area contributed by atoms with Gasteiger partial charge in [0.1, 0.15) is 0 Å². The smallest absolute Gasteiger partial charge is 0.0579 e. The maximum atomic E-state index is 6.84. The lowest BCUT2D eigenvalue weighted by molar-refractivity contribution is -0.0345. The Morgan fingerprint density at radius 1 is 0.387 bits per heavy atom. The Morgan fingerprint density at radius 3 is 1.03 bits per heavy atom. The fourth-order valence-electron chi connectivity index (χ4n) is 4.53. The highest BCUT2D eigenvalue weighted by atomic mass is 16.5. The lowest BCUT2D eigenvalue weighted by Crippen LogP contribution is -2.23. The first kappa shape index (κ1) is 31.0. The molecule has 0 N–H and O–H groups in total. The van der Waals surface area contributed by atoms with Gasteiger partial charge in [-0.3, -0.25) is 0 Å². The average Bonchev–Trinajstić information content (AvgIpc) is 2.73. The Hall–Kier alpha value is -0.0400. The van der Waals surface area contributed by atoms with Crippen molar-refractivity contribution in [2.24, 2.45) is 11.8 Å². The second kappa shape index (κ2) is 23.1. The minimum atomic E-state index is 0.500. The predicted molar refractivity (Wildman–Crippen MR) is 142 cm³/mol. The van der Waals surface area contributed by atoms with Crippen molar-refractivity contribution in [2.75, 3.05) is 0 Å². The van der Waals surface area contributed by atoms with Crippen LogP contribution >= 0.6 is 0 Å². The molecule has 0 amide bonds. The van der Waals surface area contributed by atoms with Gasteiger partial charge in [-0.15, -0.1) is 0 Å². The Labute approximate surface area is 198 Å². The normalized spacial score (nSPS) is 13.9. The zero-order valence-corrected chi connectivity index (χ0v) is 22.9. The maximum Gasteiger partial charge on any atom is 0.0579 e. The van der Waals surface area contributed by atoms with Gasteiger partial charge in [-0.1, -0.05) is 131 Å². The third kappa shape index (κ3) is 22.9. The summed E-state index contributed by atoms with van der Waals surface area (Å²) in [4.78, 5) is 0. The van der Waals surface area contributed by atoms with Crippen molar-refractivity contribution in [3.8, 4) is 0 Å². The molecule has 0 heterocycles. The summed E-state index contributed by atoms with van der Waals surface area (Å²) in [6, 6.07) is 0. The minimum Gasteiger partial charge on any atom is -0.375 e.